The largest absolute Gasteiger partial charge is 0.480 e. The van der Waals surface area contributed by atoms with E-state index in [1.807, 2.05) is 0 Å². The maximum absolute atomic E-state index is 11.8. The third-order valence-electron chi connectivity index (χ3n) is 2.71. The van der Waals surface area contributed by atoms with Crippen LogP contribution in [-0.4, -0.2) is 68.3 Å². The van der Waals surface area contributed by atoms with E-state index in [0.717, 1.165) is 0 Å². The van der Waals surface area contributed by atoms with Crippen LogP contribution in [0, 0.1) is 0 Å². The van der Waals surface area contributed by atoms with Gasteiger partial charge >= 0.3 is 5.97 Å². The summed E-state index contributed by atoms with van der Waals surface area (Å²) in [6.45, 7) is 0.693. The molecule has 0 radical (unpaired) electrons. The fraction of sp³-hybridized carbons (Fsp3) is 0.667. The Morgan fingerprint density at radius 3 is 2.72 bits per heavy atom. The number of piperidine rings is 1. The lowest BCUT2D eigenvalue weighted by atomic mass is 10.1. The predicted molar refractivity (Wildman–Crippen MR) is 56.7 cm³/mol. The number of ether oxygens (including phenoxy) is 1. The first-order chi connectivity index (χ1) is 8.66. The number of nitrogens with zero attached hydrogens (tertiary/aromatic N) is 4. The number of hydrogen-bond donors (Lipinski definition) is 2. The molecule has 2 N–H and O–H groups in total. The second kappa shape index (κ2) is 5.54. The van der Waals surface area contributed by atoms with Crippen LogP contribution >= 0.6 is 0 Å². The van der Waals surface area contributed by atoms with Crippen LogP contribution in [0.4, 0.5) is 0 Å². The van der Waals surface area contributed by atoms with Gasteiger partial charge in [-0.1, -0.05) is 0 Å². The van der Waals surface area contributed by atoms with Crippen molar-refractivity contribution >= 4 is 11.9 Å². The number of carboxylic acids is 1. The van der Waals surface area contributed by atoms with E-state index in [1.54, 1.807) is 4.90 Å². The highest BCUT2D eigenvalue weighted by Crippen LogP contribution is 2.14. The van der Waals surface area contributed by atoms with Gasteiger partial charge in [-0.25, -0.2) is 4.79 Å². The van der Waals surface area contributed by atoms with Crippen molar-refractivity contribution < 1.29 is 19.4 Å². The zero-order chi connectivity index (χ0) is 13.0. The molecule has 1 saturated heterocycles. The monoisotopic (exact) mass is 255 g/mol. The molecule has 2 rings (SSSR count). The van der Waals surface area contributed by atoms with Crippen molar-refractivity contribution in [3.63, 3.8) is 0 Å². The first kappa shape index (κ1) is 12.4. The minimum atomic E-state index is -0.986. The minimum absolute atomic E-state index is 0.0416. The third-order valence-corrected chi connectivity index (χ3v) is 2.71. The summed E-state index contributed by atoms with van der Waals surface area (Å²) in [5.41, 5.74) is 0. The predicted octanol–water partition coefficient (Wildman–Crippen LogP) is -1.09. The number of nitrogens with one attached hydrogen (secondary N) is 1. The van der Waals surface area contributed by atoms with Crippen molar-refractivity contribution in [1.29, 1.82) is 0 Å². The van der Waals surface area contributed by atoms with Crippen LogP contribution in [0.25, 0.3) is 0 Å². The SMILES string of the molecule is O=C(O)COC1CCN(C(=O)c2nn[nH]n2)CC1. The van der Waals surface area contributed by atoms with Gasteiger partial charge in [-0.15, -0.1) is 10.2 Å². The lowest BCUT2D eigenvalue weighted by Gasteiger charge is -2.30. The van der Waals surface area contributed by atoms with Crippen LogP contribution < -0.4 is 0 Å². The number of carboxylic acid groups (broad SMARTS) is 1. The van der Waals surface area contributed by atoms with Crippen LogP contribution in [-0.2, 0) is 9.53 Å². The standard InChI is InChI=1S/C9H13N5O4/c15-7(16)5-18-6-1-3-14(4-2-6)9(17)8-10-12-13-11-8/h6H,1-5H2,(H,15,16)(H,10,11,12,13). The molecule has 9 heteroatoms. The quantitative estimate of drug-likeness (QED) is 0.700. The van der Waals surface area contributed by atoms with Crippen LogP contribution in [0.3, 0.4) is 0 Å². The molecule has 0 spiro atoms. The number of carbonyl (C=O) groups excluding carboxylic acids is 1. The molecule has 18 heavy (non-hydrogen) atoms. The van der Waals surface area contributed by atoms with Gasteiger partial charge in [-0.3, -0.25) is 4.79 Å². The smallest absolute Gasteiger partial charge is 0.329 e. The van der Waals surface area contributed by atoms with Crippen molar-refractivity contribution in [2.45, 2.75) is 18.9 Å². The van der Waals surface area contributed by atoms with Gasteiger partial charge in [-0.05, 0) is 18.1 Å². The van der Waals surface area contributed by atoms with Gasteiger partial charge in [-0.2, -0.15) is 5.21 Å². The number of tetrazole rings is 1. The van der Waals surface area contributed by atoms with Crippen LogP contribution in [0.5, 0.6) is 0 Å². The third kappa shape index (κ3) is 3.00. The number of carbonyl (C=O) groups is 2. The summed E-state index contributed by atoms with van der Waals surface area (Å²) < 4.78 is 5.18. The Morgan fingerprint density at radius 2 is 2.17 bits per heavy atom. The van der Waals surface area contributed by atoms with Crippen molar-refractivity contribution in [3.8, 4) is 0 Å². The highest BCUT2D eigenvalue weighted by molar-refractivity contribution is 5.90. The van der Waals surface area contributed by atoms with Gasteiger partial charge in [0.25, 0.3) is 11.7 Å². The van der Waals surface area contributed by atoms with E-state index < -0.39 is 5.97 Å². The molecule has 1 aromatic heterocycles. The van der Waals surface area contributed by atoms with Crippen molar-refractivity contribution in [1.82, 2.24) is 25.5 Å². The Hall–Kier alpha value is -2.03. The summed E-state index contributed by atoms with van der Waals surface area (Å²) in [5.74, 6) is -1.22. The van der Waals surface area contributed by atoms with E-state index in [2.05, 4.69) is 20.6 Å². The van der Waals surface area contributed by atoms with Gasteiger partial charge < -0.3 is 14.7 Å². The fourth-order valence-electron chi connectivity index (χ4n) is 1.81. The maximum Gasteiger partial charge on any atom is 0.329 e. The number of aromatic nitrogens is 4. The van der Waals surface area contributed by atoms with Crippen molar-refractivity contribution in [2.75, 3.05) is 19.7 Å². The zero-order valence-corrected chi connectivity index (χ0v) is 9.57. The molecule has 1 fully saturated rings. The van der Waals surface area contributed by atoms with Gasteiger partial charge in [0.15, 0.2) is 0 Å². The molecule has 9 nitrogen and oxygen atoms in total. The maximum atomic E-state index is 11.8. The van der Waals surface area contributed by atoms with Crippen LogP contribution in [0.2, 0.25) is 0 Å². The summed E-state index contributed by atoms with van der Waals surface area (Å²) in [6, 6.07) is 0. The molecule has 1 aliphatic heterocycles. The topological polar surface area (TPSA) is 121 Å². The van der Waals surface area contributed by atoms with Gasteiger partial charge in [0.2, 0.25) is 0 Å². The Morgan fingerprint density at radius 1 is 1.44 bits per heavy atom. The van der Waals surface area contributed by atoms with Crippen molar-refractivity contribution in [3.05, 3.63) is 5.82 Å². The number of hydrogen-bond acceptors (Lipinski definition) is 6. The van der Waals surface area contributed by atoms with E-state index in [-0.39, 0.29) is 24.4 Å². The van der Waals surface area contributed by atoms with Gasteiger partial charge in [0.1, 0.15) is 6.61 Å². The summed E-state index contributed by atoms with van der Waals surface area (Å²) in [6.07, 6.45) is 1.10. The number of amides is 1. The Bertz CT molecular complexity index is 413. The number of likely N-dealkylation sites (tertiary alicyclic amines) is 1. The Labute approximate surface area is 102 Å². The van der Waals surface area contributed by atoms with Crippen molar-refractivity contribution in [2.24, 2.45) is 0 Å². The van der Waals surface area contributed by atoms with Gasteiger partial charge in [0, 0.05) is 13.1 Å². The molecular weight excluding hydrogens is 242 g/mol. The Balaban J connectivity index is 1.80. The molecule has 0 unspecified atom stereocenters. The molecule has 0 aromatic carbocycles. The molecule has 1 aliphatic rings. The Kier molecular flexibility index (Phi) is 3.82. The van der Waals surface area contributed by atoms with E-state index in [0.29, 0.717) is 25.9 Å². The second-order valence-electron chi connectivity index (χ2n) is 3.93. The lowest BCUT2D eigenvalue weighted by molar-refractivity contribution is -0.145. The fourth-order valence-corrected chi connectivity index (χ4v) is 1.81. The van der Waals surface area contributed by atoms with E-state index in [9.17, 15) is 9.59 Å². The van der Waals surface area contributed by atoms with Crippen LogP contribution in [0.1, 0.15) is 23.5 Å². The molecule has 0 aliphatic carbocycles. The molecule has 0 saturated carbocycles. The molecule has 0 bridgehead atoms. The first-order valence-electron chi connectivity index (χ1n) is 5.53. The highest BCUT2D eigenvalue weighted by Gasteiger charge is 2.26. The number of rotatable bonds is 4. The average Bonchev–Trinajstić information content (AvgIpc) is 2.90. The first-order valence-corrected chi connectivity index (χ1v) is 5.53. The van der Waals surface area contributed by atoms with Crippen LogP contribution in [0.15, 0.2) is 0 Å². The normalized spacial score (nSPS) is 16.8. The summed E-state index contributed by atoms with van der Waals surface area (Å²) in [5, 5.41) is 21.3. The second-order valence-corrected chi connectivity index (χ2v) is 3.93. The zero-order valence-electron chi connectivity index (χ0n) is 9.57. The molecule has 98 valence electrons. The average molecular weight is 255 g/mol. The number of aliphatic carboxylic acids is 1. The molecule has 2 heterocycles. The summed E-state index contributed by atoms with van der Waals surface area (Å²) >= 11 is 0. The van der Waals surface area contributed by atoms with E-state index in [4.69, 9.17) is 9.84 Å². The van der Waals surface area contributed by atoms with E-state index in [1.165, 1.54) is 0 Å². The van der Waals surface area contributed by atoms with Gasteiger partial charge in [0.05, 0.1) is 6.10 Å². The van der Waals surface area contributed by atoms with E-state index >= 15 is 0 Å². The lowest BCUT2D eigenvalue weighted by Crippen LogP contribution is -2.41. The molecule has 1 amide bonds. The number of aromatic amines is 1. The molecule has 1 aromatic rings. The molecule has 0 atom stereocenters. The highest BCUT2D eigenvalue weighted by atomic mass is 16.5. The molecular formula is C9H13N5O4. The summed E-state index contributed by atoms with van der Waals surface area (Å²) in [7, 11) is 0. The summed E-state index contributed by atoms with van der Waals surface area (Å²) in [4.78, 5) is 23.8. The number of H-pyrrole nitrogens is 1. The minimum Gasteiger partial charge on any atom is -0.480 e.